The van der Waals surface area contributed by atoms with E-state index in [1.54, 1.807) is 11.8 Å². The summed E-state index contributed by atoms with van der Waals surface area (Å²) in [6, 6.07) is 21.6. The van der Waals surface area contributed by atoms with E-state index < -0.39 is 0 Å². The summed E-state index contributed by atoms with van der Waals surface area (Å²) >= 11 is 7.94. The Morgan fingerprint density at radius 2 is 1.73 bits per heavy atom. The molecule has 0 bridgehead atoms. The summed E-state index contributed by atoms with van der Waals surface area (Å²) in [4.78, 5) is 20.4. The highest BCUT2D eigenvalue weighted by Crippen LogP contribution is 2.41. The first kappa shape index (κ1) is 22.2. The third-order valence-corrected chi connectivity index (χ3v) is 7.37. The highest BCUT2D eigenvalue weighted by molar-refractivity contribution is 7.99. The van der Waals surface area contributed by atoms with Gasteiger partial charge < -0.3 is 0 Å². The van der Waals surface area contributed by atoms with E-state index in [1.165, 1.54) is 18.0 Å². The average molecular weight is 477 g/mol. The molecule has 0 spiro atoms. The van der Waals surface area contributed by atoms with Crippen molar-refractivity contribution in [3.8, 4) is 0 Å². The first-order valence-corrected chi connectivity index (χ1v) is 12.4. The molecular weight excluding hydrogens is 452 g/mol. The molecule has 0 radical (unpaired) electrons. The normalized spacial score (nSPS) is 16.1. The smallest absolute Gasteiger partial charge is 0.266 e. The Balaban J connectivity index is 1.54. The van der Waals surface area contributed by atoms with Crippen molar-refractivity contribution in [1.82, 2.24) is 10.1 Å². The lowest BCUT2D eigenvalue weighted by Gasteiger charge is -2.29. The van der Waals surface area contributed by atoms with E-state index in [2.05, 4.69) is 12.1 Å². The van der Waals surface area contributed by atoms with E-state index in [0.29, 0.717) is 10.6 Å². The highest BCUT2D eigenvalue weighted by Gasteiger charge is 2.24. The van der Waals surface area contributed by atoms with Gasteiger partial charge in [-0.1, -0.05) is 66.5 Å². The van der Waals surface area contributed by atoms with E-state index in [-0.39, 0.29) is 5.91 Å². The van der Waals surface area contributed by atoms with E-state index in [9.17, 15) is 4.79 Å². The van der Waals surface area contributed by atoms with Crippen molar-refractivity contribution in [2.75, 3.05) is 13.1 Å². The van der Waals surface area contributed by atoms with Crippen molar-refractivity contribution in [2.24, 2.45) is 10.8 Å². The molecule has 33 heavy (non-hydrogen) atoms. The molecule has 2 aliphatic rings. The molecule has 5 rings (SSSR count). The fraction of sp³-hybridized carbons (Fsp3) is 0.231. The Kier molecular flexibility index (Phi) is 6.51. The molecule has 0 saturated carbocycles. The van der Waals surface area contributed by atoms with Crippen LogP contribution in [0.15, 0.2) is 81.5 Å². The zero-order valence-corrected chi connectivity index (χ0v) is 19.8. The van der Waals surface area contributed by atoms with Gasteiger partial charge in [0.2, 0.25) is 0 Å². The molecule has 3 aromatic rings. The molecule has 2 aliphatic heterocycles. The predicted molar refractivity (Wildman–Crippen MR) is 134 cm³/mol. The van der Waals surface area contributed by atoms with Crippen LogP contribution in [0.2, 0.25) is 5.02 Å². The third kappa shape index (κ3) is 4.70. The second-order valence-electron chi connectivity index (χ2n) is 8.27. The lowest BCUT2D eigenvalue weighted by atomic mass is 10.0. The first-order valence-electron chi connectivity index (χ1n) is 11.2. The summed E-state index contributed by atoms with van der Waals surface area (Å²) in [6.45, 7) is 1.60. The Bertz CT molecular complexity index is 1220. The molecule has 0 unspecified atom stereocenters. The van der Waals surface area contributed by atoms with Gasteiger partial charge in [-0.05, 0) is 49.2 Å². The number of carbonyl (C=O) groups is 1. The van der Waals surface area contributed by atoms with Gasteiger partial charge in [0.15, 0.2) is 0 Å². The fourth-order valence-electron chi connectivity index (χ4n) is 4.26. The van der Waals surface area contributed by atoms with Crippen LogP contribution in [0.4, 0.5) is 5.69 Å². The highest BCUT2D eigenvalue weighted by atomic mass is 35.5. The van der Waals surface area contributed by atoms with Crippen molar-refractivity contribution < 1.29 is 4.79 Å². The first-order chi connectivity index (χ1) is 16.1. The van der Waals surface area contributed by atoms with Gasteiger partial charge >= 0.3 is 0 Å². The maximum atomic E-state index is 13.2. The quantitative estimate of drug-likeness (QED) is 0.221. The van der Waals surface area contributed by atoms with Crippen LogP contribution in [0.1, 0.15) is 47.2 Å². The number of carbonyl (C=O) groups excluding carboxylic acids is 1. The van der Waals surface area contributed by atoms with Crippen molar-refractivity contribution in [3.63, 3.8) is 0 Å². The second kappa shape index (κ2) is 9.69. The number of hydrogen-bond donors (Lipinski definition) is 1. The predicted octanol–water partition coefficient (Wildman–Crippen LogP) is 6.08. The van der Waals surface area contributed by atoms with Crippen LogP contribution in [-0.2, 0) is 0 Å². The maximum Gasteiger partial charge on any atom is 0.282 e. The summed E-state index contributed by atoms with van der Waals surface area (Å²) in [5, 5.41) is 3.89. The Morgan fingerprint density at radius 1 is 0.939 bits per heavy atom. The van der Waals surface area contributed by atoms with E-state index in [4.69, 9.17) is 22.4 Å². The van der Waals surface area contributed by atoms with Crippen molar-refractivity contribution >= 4 is 40.7 Å². The number of hydrogen-bond acceptors (Lipinski definition) is 5. The van der Waals surface area contributed by atoms with Crippen LogP contribution >= 0.6 is 23.4 Å². The zero-order valence-electron chi connectivity index (χ0n) is 18.2. The molecule has 1 fully saturated rings. The summed E-state index contributed by atoms with van der Waals surface area (Å²) in [7, 11) is 0. The molecule has 7 heteroatoms. The van der Waals surface area contributed by atoms with Crippen LogP contribution in [-0.4, -0.2) is 34.8 Å². The minimum absolute atomic E-state index is 0.217. The Morgan fingerprint density at radius 3 is 2.52 bits per heavy atom. The summed E-state index contributed by atoms with van der Waals surface area (Å²) < 4.78 is 0. The standard InChI is InChI=1S/C26H25ClN4OS/c27-20-9-7-8-18(16-20)25-21-10-3-4-11-23(21)33-24-13-12-19(17-22(24)29-25)26(32)31(28)30-14-5-1-2-6-15-30/h3-4,7-13,16-17H,1-2,5-6,14-15,28H2. The number of rotatable bonds is 3. The third-order valence-electron chi connectivity index (χ3n) is 5.99. The van der Waals surface area contributed by atoms with E-state index >= 15 is 0 Å². The number of amides is 1. The van der Waals surface area contributed by atoms with Gasteiger partial charge in [0, 0.05) is 44.6 Å². The van der Waals surface area contributed by atoms with Gasteiger partial charge in [-0.15, -0.1) is 0 Å². The second-order valence-corrected chi connectivity index (χ2v) is 9.79. The fourth-order valence-corrected chi connectivity index (χ4v) is 5.45. The van der Waals surface area contributed by atoms with E-state index in [0.717, 1.165) is 58.2 Å². The molecule has 0 atom stereocenters. The number of halogens is 1. The number of nitrogens with two attached hydrogens (primary N) is 1. The van der Waals surface area contributed by atoms with Crippen LogP contribution in [0.3, 0.4) is 0 Å². The summed E-state index contributed by atoms with van der Waals surface area (Å²) in [6.07, 6.45) is 4.45. The lowest BCUT2D eigenvalue weighted by Crippen LogP contribution is -2.51. The summed E-state index contributed by atoms with van der Waals surface area (Å²) in [5.41, 5.74) is 4.09. The number of nitrogens with zero attached hydrogens (tertiary/aromatic N) is 3. The lowest BCUT2D eigenvalue weighted by molar-refractivity contribution is -0.00944. The van der Waals surface area contributed by atoms with Crippen LogP contribution in [0.5, 0.6) is 0 Å². The van der Waals surface area contributed by atoms with Crippen LogP contribution in [0.25, 0.3) is 0 Å². The number of fused-ring (bicyclic) bond motifs is 2. The molecule has 1 amide bonds. The summed E-state index contributed by atoms with van der Waals surface area (Å²) in [5.74, 6) is 6.04. The minimum Gasteiger partial charge on any atom is -0.266 e. The van der Waals surface area contributed by atoms with Crippen LogP contribution in [0, 0.1) is 0 Å². The molecule has 3 aromatic carbocycles. The van der Waals surface area contributed by atoms with Gasteiger partial charge in [0.25, 0.3) is 5.91 Å². The molecule has 5 nitrogen and oxygen atoms in total. The topological polar surface area (TPSA) is 61.9 Å². The molecule has 0 aliphatic carbocycles. The van der Waals surface area contributed by atoms with E-state index in [1.807, 2.05) is 59.6 Å². The molecule has 0 aromatic heterocycles. The van der Waals surface area contributed by atoms with Gasteiger partial charge in [-0.3, -0.25) is 4.79 Å². The zero-order chi connectivity index (χ0) is 22.8. The molecule has 1 saturated heterocycles. The SMILES string of the molecule is NN(C(=O)c1ccc2c(c1)N=C(c1cccc(Cl)c1)c1ccccc1S2)N1CCCCCC1. The van der Waals surface area contributed by atoms with Gasteiger partial charge in [-0.2, -0.15) is 0 Å². The largest absolute Gasteiger partial charge is 0.282 e. The molecule has 2 heterocycles. The number of aliphatic imine (C=N–C) groups is 1. The van der Waals surface area contributed by atoms with Crippen LogP contribution < -0.4 is 5.84 Å². The Hall–Kier alpha value is -2.64. The van der Waals surface area contributed by atoms with Crippen molar-refractivity contribution in [1.29, 1.82) is 0 Å². The average Bonchev–Trinajstić information content (AvgIpc) is 3.20. The molecule has 2 N–H and O–H groups in total. The van der Waals surface area contributed by atoms with Gasteiger partial charge in [0.1, 0.15) is 0 Å². The Labute approximate surface area is 203 Å². The number of benzene rings is 3. The maximum absolute atomic E-state index is 13.2. The minimum atomic E-state index is -0.217. The van der Waals surface area contributed by atoms with Crippen molar-refractivity contribution in [2.45, 2.75) is 35.5 Å². The number of hydrazine groups is 2. The van der Waals surface area contributed by atoms with Crippen molar-refractivity contribution in [3.05, 3.63) is 88.4 Å². The monoisotopic (exact) mass is 476 g/mol. The molecule has 168 valence electrons. The van der Waals surface area contributed by atoms with Gasteiger partial charge in [0.05, 0.1) is 11.4 Å². The van der Waals surface area contributed by atoms with Gasteiger partial charge in [-0.25, -0.2) is 21.0 Å². The molecular formula is C26H25ClN4OS.